The molecule has 0 bridgehead atoms. The van der Waals surface area contributed by atoms with Crippen molar-refractivity contribution in [2.75, 3.05) is 0 Å². The molecule has 25 heavy (non-hydrogen) atoms. The van der Waals surface area contributed by atoms with Crippen LogP contribution in [0.25, 0.3) is 0 Å². The summed E-state index contributed by atoms with van der Waals surface area (Å²) in [6.45, 7) is 0. The zero-order valence-corrected chi connectivity index (χ0v) is 14.0. The molecule has 0 aliphatic heterocycles. The fourth-order valence-corrected chi connectivity index (χ4v) is 4.18. The molecular weight excluding hydrogens is 308 g/mol. The second kappa shape index (κ2) is 6.47. The van der Waals surface area contributed by atoms with Crippen LogP contribution in [-0.2, 0) is 12.8 Å². The molecule has 0 amide bonds. The Morgan fingerprint density at radius 2 is 0.920 bits per heavy atom. The van der Waals surface area contributed by atoms with E-state index in [0.29, 0.717) is 12.8 Å². The minimum atomic E-state index is -0.695. The lowest BCUT2D eigenvalue weighted by Crippen LogP contribution is -2.35. The van der Waals surface area contributed by atoms with Crippen LogP contribution in [0.15, 0.2) is 84.9 Å². The van der Waals surface area contributed by atoms with E-state index in [9.17, 15) is 10.2 Å². The Kier molecular flexibility index (Phi) is 4.16. The number of hydrogen-bond acceptors (Lipinski definition) is 2. The Balaban J connectivity index is 1.79. The maximum Gasteiger partial charge on any atom is 0.0884 e. The van der Waals surface area contributed by atoms with Crippen molar-refractivity contribution in [1.82, 2.24) is 0 Å². The van der Waals surface area contributed by atoms with Crippen LogP contribution in [-0.4, -0.2) is 10.2 Å². The van der Waals surface area contributed by atoms with E-state index >= 15 is 0 Å². The monoisotopic (exact) mass is 330 g/mol. The highest BCUT2D eigenvalue weighted by atomic mass is 16.3. The second-order valence-corrected chi connectivity index (χ2v) is 6.99. The molecule has 2 heteroatoms. The van der Waals surface area contributed by atoms with E-state index in [-0.39, 0.29) is 0 Å². The van der Waals surface area contributed by atoms with Crippen molar-refractivity contribution < 1.29 is 10.2 Å². The van der Waals surface area contributed by atoms with Crippen LogP contribution in [0.4, 0.5) is 0 Å². The maximum atomic E-state index is 11.2. The van der Waals surface area contributed by atoms with E-state index in [1.54, 1.807) is 0 Å². The minimum absolute atomic E-state index is 0.625. The first-order chi connectivity index (χ1) is 12.2. The van der Waals surface area contributed by atoms with Gasteiger partial charge in [0.15, 0.2) is 0 Å². The third kappa shape index (κ3) is 2.78. The highest BCUT2D eigenvalue weighted by Gasteiger charge is 2.52. The van der Waals surface area contributed by atoms with E-state index < -0.39 is 17.6 Å². The Labute approximate surface area is 148 Å². The first-order valence-corrected chi connectivity index (χ1v) is 8.73. The maximum absolute atomic E-state index is 11.2. The fraction of sp³-hybridized carbons (Fsp3) is 0.217. The third-order valence-electron chi connectivity index (χ3n) is 5.43. The van der Waals surface area contributed by atoms with E-state index in [2.05, 4.69) is 24.3 Å². The van der Waals surface area contributed by atoms with Gasteiger partial charge in [0.1, 0.15) is 0 Å². The van der Waals surface area contributed by atoms with Crippen molar-refractivity contribution in [1.29, 1.82) is 0 Å². The molecule has 2 unspecified atom stereocenters. The lowest BCUT2D eigenvalue weighted by atomic mass is 9.71. The van der Waals surface area contributed by atoms with E-state index in [1.807, 2.05) is 60.7 Å². The third-order valence-corrected chi connectivity index (χ3v) is 5.43. The Bertz CT molecular complexity index is 770. The quantitative estimate of drug-likeness (QED) is 0.751. The van der Waals surface area contributed by atoms with Gasteiger partial charge in [-0.1, -0.05) is 84.9 Å². The molecule has 0 heterocycles. The predicted molar refractivity (Wildman–Crippen MR) is 99.1 cm³/mol. The van der Waals surface area contributed by atoms with Crippen molar-refractivity contribution in [2.24, 2.45) is 5.41 Å². The summed E-state index contributed by atoms with van der Waals surface area (Å²) in [7, 11) is 0. The largest absolute Gasteiger partial charge is 0.388 e. The molecule has 2 N–H and O–H groups in total. The molecule has 0 saturated carbocycles. The Hall–Kier alpha value is -2.42. The van der Waals surface area contributed by atoms with Crippen molar-refractivity contribution in [2.45, 2.75) is 25.0 Å². The molecule has 3 aromatic rings. The number of hydrogen-bond donors (Lipinski definition) is 2. The second-order valence-electron chi connectivity index (χ2n) is 6.99. The van der Waals surface area contributed by atoms with Crippen molar-refractivity contribution in [3.05, 3.63) is 107 Å². The van der Waals surface area contributed by atoms with Gasteiger partial charge in [0.25, 0.3) is 0 Å². The Morgan fingerprint density at radius 1 is 0.560 bits per heavy atom. The number of fused-ring (bicyclic) bond motifs is 1. The zero-order valence-electron chi connectivity index (χ0n) is 14.0. The molecule has 1 aliphatic carbocycles. The average molecular weight is 330 g/mol. The molecule has 0 spiro atoms. The summed E-state index contributed by atoms with van der Waals surface area (Å²) in [5, 5.41) is 22.4. The topological polar surface area (TPSA) is 40.5 Å². The van der Waals surface area contributed by atoms with Gasteiger partial charge in [0.05, 0.1) is 12.2 Å². The molecule has 1 aliphatic rings. The summed E-state index contributed by atoms with van der Waals surface area (Å²) in [5.41, 5.74) is 3.30. The number of rotatable bonds is 4. The first-order valence-electron chi connectivity index (χ1n) is 8.73. The fourth-order valence-electron chi connectivity index (χ4n) is 4.18. The lowest BCUT2D eigenvalue weighted by molar-refractivity contribution is -0.0536. The average Bonchev–Trinajstić information content (AvgIpc) is 2.86. The minimum Gasteiger partial charge on any atom is -0.388 e. The van der Waals surface area contributed by atoms with E-state index in [0.717, 1.165) is 22.3 Å². The van der Waals surface area contributed by atoms with Gasteiger partial charge >= 0.3 is 0 Å². The predicted octanol–water partition coefficient (Wildman–Crippen LogP) is 4.24. The summed E-state index contributed by atoms with van der Waals surface area (Å²) < 4.78 is 0. The van der Waals surface area contributed by atoms with Crippen LogP contribution in [0, 0.1) is 5.41 Å². The molecule has 4 rings (SSSR count). The van der Waals surface area contributed by atoms with Gasteiger partial charge in [-0.05, 0) is 35.1 Å². The number of aliphatic hydroxyl groups is 2. The highest BCUT2D eigenvalue weighted by molar-refractivity contribution is 5.41. The molecule has 0 aromatic heterocycles. The van der Waals surface area contributed by atoms with Gasteiger partial charge < -0.3 is 10.2 Å². The summed E-state index contributed by atoms with van der Waals surface area (Å²) in [4.78, 5) is 0. The molecule has 2 nitrogen and oxygen atoms in total. The van der Waals surface area contributed by atoms with Crippen molar-refractivity contribution in [3.8, 4) is 0 Å². The van der Waals surface area contributed by atoms with Crippen LogP contribution in [0.2, 0.25) is 0 Å². The van der Waals surface area contributed by atoms with Crippen LogP contribution in [0.3, 0.4) is 0 Å². The van der Waals surface area contributed by atoms with Gasteiger partial charge in [-0.3, -0.25) is 0 Å². The van der Waals surface area contributed by atoms with Crippen LogP contribution in [0.5, 0.6) is 0 Å². The van der Waals surface area contributed by atoms with E-state index in [1.165, 1.54) is 0 Å². The summed E-state index contributed by atoms with van der Waals surface area (Å²) in [6.07, 6.45) is -0.141. The zero-order chi connectivity index (χ0) is 17.3. The van der Waals surface area contributed by atoms with Gasteiger partial charge in [-0.15, -0.1) is 0 Å². The normalized spacial score (nSPS) is 21.0. The molecule has 126 valence electrons. The standard InChI is InChI=1S/C23H22O2/c24-21-19-13-7-8-14-20(19)22(25)23(21,15-17-9-3-1-4-10-17)16-18-11-5-2-6-12-18/h1-14,21-22,24-25H,15-16H2. The van der Waals surface area contributed by atoms with Crippen molar-refractivity contribution >= 4 is 0 Å². The number of benzene rings is 3. The molecule has 0 saturated heterocycles. The number of aliphatic hydroxyl groups excluding tert-OH is 2. The van der Waals surface area contributed by atoms with E-state index in [4.69, 9.17) is 0 Å². The van der Waals surface area contributed by atoms with Gasteiger partial charge in [-0.25, -0.2) is 0 Å². The molecule has 0 fully saturated rings. The lowest BCUT2D eigenvalue weighted by Gasteiger charge is -2.36. The summed E-state index contributed by atoms with van der Waals surface area (Å²) >= 11 is 0. The highest BCUT2D eigenvalue weighted by Crippen LogP contribution is 2.56. The van der Waals surface area contributed by atoms with Crippen LogP contribution in [0.1, 0.15) is 34.5 Å². The molecule has 2 atom stereocenters. The van der Waals surface area contributed by atoms with Gasteiger partial charge in [0, 0.05) is 5.41 Å². The van der Waals surface area contributed by atoms with Crippen molar-refractivity contribution in [3.63, 3.8) is 0 Å². The van der Waals surface area contributed by atoms with Crippen LogP contribution < -0.4 is 0 Å². The van der Waals surface area contributed by atoms with Crippen LogP contribution >= 0.6 is 0 Å². The van der Waals surface area contributed by atoms with Gasteiger partial charge in [-0.2, -0.15) is 0 Å². The first kappa shape index (κ1) is 16.1. The molecule has 3 aromatic carbocycles. The summed E-state index contributed by atoms with van der Waals surface area (Å²) in [6, 6.07) is 28.0. The smallest absolute Gasteiger partial charge is 0.0884 e. The Morgan fingerprint density at radius 3 is 1.32 bits per heavy atom. The molecule has 0 radical (unpaired) electrons. The molecular formula is C23H22O2. The summed E-state index contributed by atoms with van der Waals surface area (Å²) in [5.74, 6) is 0. The SMILES string of the molecule is OC1c2ccccc2C(O)C1(Cc1ccccc1)Cc1ccccc1. The van der Waals surface area contributed by atoms with Gasteiger partial charge in [0.2, 0.25) is 0 Å².